The molecule has 0 amide bonds. The number of benzene rings is 1. The third kappa shape index (κ3) is 8.43. The molecule has 2 N–H and O–H groups in total. The molecule has 1 saturated carbocycles. The number of nitrogens with one attached hydrogen (secondary N) is 2. The Morgan fingerprint density at radius 2 is 1.79 bits per heavy atom. The van der Waals surface area contributed by atoms with Crippen molar-refractivity contribution in [1.29, 1.82) is 0 Å². The van der Waals surface area contributed by atoms with E-state index in [0.29, 0.717) is 12.0 Å². The average Bonchev–Trinajstić information content (AvgIpc) is 2.67. The number of aliphatic imine (C=N–C) groups is 1. The molecule has 1 aliphatic carbocycles. The monoisotopic (exact) mass is 505 g/mol. The molecule has 1 fully saturated rings. The van der Waals surface area contributed by atoms with Crippen molar-refractivity contribution in [3.63, 3.8) is 0 Å². The first kappa shape index (κ1) is 24.8. The molecule has 7 heteroatoms. The van der Waals surface area contributed by atoms with E-state index >= 15 is 0 Å². The third-order valence-corrected chi connectivity index (χ3v) is 5.11. The summed E-state index contributed by atoms with van der Waals surface area (Å²) in [4.78, 5) is 4.82. The van der Waals surface area contributed by atoms with Gasteiger partial charge in [0.15, 0.2) is 5.96 Å². The summed E-state index contributed by atoms with van der Waals surface area (Å²) in [7, 11) is 3.44. The van der Waals surface area contributed by atoms with Gasteiger partial charge in [0.1, 0.15) is 11.5 Å². The Labute approximate surface area is 186 Å². The van der Waals surface area contributed by atoms with E-state index in [1.54, 1.807) is 14.2 Å². The molecule has 1 aromatic rings. The SMILES string of the molecule is CCNC(=NCC1(CCOC)CCC1)NCCCOc1ccc(OC)cc1.I. The fourth-order valence-corrected chi connectivity index (χ4v) is 3.21. The number of ether oxygens (including phenoxy) is 3. The number of halogens is 1. The van der Waals surface area contributed by atoms with E-state index in [2.05, 4.69) is 17.6 Å². The van der Waals surface area contributed by atoms with Crippen LogP contribution in [0.5, 0.6) is 11.5 Å². The summed E-state index contributed by atoms with van der Waals surface area (Å²) in [5, 5.41) is 6.74. The van der Waals surface area contributed by atoms with Crippen molar-refractivity contribution >= 4 is 29.9 Å². The van der Waals surface area contributed by atoms with Gasteiger partial charge >= 0.3 is 0 Å². The first-order chi connectivity index (χ1) is 13.2. The van der Waals surface area contributed by atoms with Crippen molar-refractivity contribution in [3.8, 4) is 11.5 Å². The molecule has 6 nitrogen and oxygen atoms in total. The lowest BCUT2D eigenvalue weighted by Gasteiger charge is -2.40. The van der Waals surface area contributed by atoms with Crippen molar-refractivity contribution in [2.45, 2.75) is 39.0 Å². The van der Waals surface area contributed by atoms with Crippen molar-refractivity contribution in [2.24, 2.45) is 10.4 Å². The third-order valence-electron chi connectivity index (χ3n) is 5.11. The van der Waals surface area contributed by atoms with Gasteiger partial charge in [0.2, 0.25) is 0 Å². The van der Waals surface area contributed by atoms with Crippen LogP contribution in [0.15, 0.2) is 29.3 Å². The molecular formula is C21H36IN3O3. The van der Waals surface area contributed by atoms with Gasteiger partial charge in [-0.05, 0) is 62.3 Å². The highest BCUT2D eigenvalue weighted by atomic mass is 127. The summed E-state index contributed by atoms with van der Waals surface area (Å²) >= 11 is 0. The second-order valence-electron chi connectivity index (χ2n) is 7.10. The summed E-state index contributed by atoms with van der Waals surface area (Å²) in [5.41, 5.74) is 0.343. The Hall–Kier alpha value is -1.22. The maximum absolute atomic E-state index is 5.76. The molecular weight excluding hydrogens is 469 g/mol. The van der Waals surface area contributed by atoms with Crippen LogP contribution in [0.2, 0.25) is 0 Å². The summed E-state index contributed by atoms with van der Waals surface area (Å²) in [6.07, 6.45) is 5.84. The molecule has 0 radical (unpaired) electrons. The zero-order valence-corrected chi connectivity index (χ0v) is 19.8. The number of methoxy groups -OCH3 is 2. The van der Waals surface area contributed by atoms with Gasteiger partial charge in [-0.25, -0.2) is 0 Å². The second kappa shape index (κ2) is 13.9. The van der Waals surface area contributed by atoms with Gasteiger partial charge < -0.3 is 24.8 Å². The minimum absolute atomic E-state index is 0. The Balaban J connectivity index is 0.00000392. The smallest absolute Gasteiger partial charge is 0.191 e. The van der Waals surface area contributed by atoms with Gasteiger partial charge in [-0.1, -0.05) is 6.42 Å². The van der Waals surface area contributed by atoms with E-state index < -0.39 is 0 Å². The molecule has 0 heterocycles. The second-order valence-corrected chi connectivity index (χ2v) is 7.10. The molecule has 160 valence electrons. The first-order valence-electron chi connectivity index (χ1n) is 9.99. The lowest BCUT2D eigenvalue weighted by atomic mass is 9.67. The number of hydrogen-bond acceptors (Lipinski definition) is 4. The number of rotatable bonds is 12. The normalized spacial score (nSPS) is 15.2. The van der Waals surface area contributed by atoms with Crippen LogP contribution in [0.3, 0.4) is 0 Å². The molecule has 1 aromatic carbocycles. The summed E-state index contributed by atoms with van der Waals surface area (Å²) in [6.45, 7) is 6.13. The quantitative estimate of drug-likeness (QED) is 0.196. The van der Waals surface area contributed by atoms with Crippen LogP contribution >= 0.6 is 24.0 Å². The van der Waals surface area contributed by atoms with Gasteiger partial charge in [0.25, 0.3) is 0 Å². The van der Waals surface area contributed by atoms with Crippen LogP contribution in [0.1, 0.15) is 39.0 Å². The van der Waals surface area contributed by atoms with Gasteiger partial charge in [-0.2, -0.15) is 0 Å². The molecule has 1 aliphatic rings. The summed E-state index contributed by atoms with van der Waals surface area (Å²) in [5.74, 6) is 2.59. The minimum Gasteiger partial charge on any atom is -0.497 e. The highest BCUT2D eigenvalue weighted by Crippen LogP contribution is 2.44. The van der Waals surface area contributed by atoms with Gasteiger partial charge in [0, 0.05) is 33.4 Å². The number of nitrogens with zero attached hydrogens (tertiary/aromatic N) is 1. The fraction of sp³-hybridized carbons (Fsp3) is 0.667. The maximum atomic E-state index is 5.76. The predicted molar refractivity (Wildman–Crippen MR) is 125 cm³/mol. The van der Waals surface area contributed by atoms with Crippen LogP contribution in [0, 0.1) is 5.41 Å². The van der Waals surface area contributed by atoms with Crippen molar-refractivity contribution in [2.75, 3.05) is 47.1 Å². The highest BCUT2D eigenvalue weighted by Gasteiger charge is 2.36. The highest BCUT2D eigenvalue weighted by molar-refractivity contribution is 14.0. The average molecular weight is 505 g/mol. The van der Waals surface area contributed by atoms with Crippen LogP contribution in [-0.2, 0) is 4.74 Å². The molecule has 0 atom stereocenters. The molecule has 0 aromatic heterocycles. The fourth-order valence-electron chi connectivity index (χ4n) is 3.21. The van der Waals surface area contributed by atoms with E-state index in [-0.39, 0.29) is 24.0 Å². The summed E-state index contributed by atoms with van der Waals surface area (Å²) < 4.78 is 16.2. The van der Waals surface area contributed by atoms with Gasteiger partial charge in [-0.15, -0.1) is 24.0 Å². The van der Waals surface area contributed by atoms with Crippen LogP contribution in [-0.4, -0.2) is 53.0 Å². The van der Waals surface area contributed by atoms with E-state index in [4.69, 9.17) is 19.2 Å². The van der Waals surface area contributed by atoms with Crippen LogP contribution < -0.4 is 20.1 Å². The maximum Gasteiger partial charge on any atom is 0.191 e. The Kier molecular flexibility index (Phi) is 12.3. The zero-order valence-electron chi connectivity index (χ0n) is 17.5. The molecule has 0 bridgehead atoms. The number of guanidine groups is 1. The van der Waals surface area contributed by atoms with Gasteiger partial charge in [-0.3, -0.25) is 4.99 Å². The van der Waals surface area contributed by atoms with Crippen LogP contribution in [0.25, 0.3) is 0 Å². The molecule has 2 rings (SSSR count). The largest absolute Gasteiger partial charge is 0.497 e. The lowest BCUT2D eigenvalue weighted by molar-refractivity contribution is 0.0778. The number of hydrogen-bond donors (Lipinski definition) is 2. The van der Waals surface area contributed by atoms with Crippen molar-refractivity contribution < 1.29 is 14.2 Å². The van der Waals surface area contributed by atoms with E-state index in [0.717, 1.165) is 56.5 Å². The van der Waals surface area contributed by atoms with Crippen LogP contribution in [0.4, 0.5) is 0 Å². The van der Waals surface area contributed by atoms with Gasteiger partial charge in [0.05, 0.1) is 13.7 Å². The Morgan fingerprint density at radius 3 is 2.36 bits per heavy atom. The van der Waals surface area contributed by atoms with E-state index in [1.165, 1.54) is 19.3 Å². The molecule has 0 unspecified atom stereocenters. The zero-order chi connectivity index (χ0) is 19.4. The molecule has 0 spiro atoms. The molecule has 0 aliphatic heterocycles. The Bertz CT molecular complexity index is 563. The summed E-state index contributed by atoms with van der Waals surface area (Å²) in [6, 6.07) is 7.67. The molecule has 0 saturated heterocycles. The van der Waals surface area contributed by atoms with Crippen molar-refractivity contribution in [1.82, 2.24) is 10.6 Å². The Morgan fingerprint density at radius 1 is 1.07 bits per heavy atom. The topological polar surface area (TPSA) is 64.1 Å². The standard InChI is InChI=1S/C21H35N3O3.HI/c1-4-22-20(24-17-21(11-5-12-21)13-16-25-2)23-14-6-15-27-19-9-7-18(26-3)8-10-19;/h7-10H,4-6,11-17H2,1-3H3,(H2,22,23,24);1H. The minimum atomic E-state index is 0. The van der Waals surface area contributed by atoms with E-state index in [9.17, 15) is 0 Å². The lowest BCUT2D eigenvalue weighted by Crippen LogP contribution is -2.40. The first-order valence-corrected chi connectivity index (χ1v) is 9.99. The van der Waals surface area contributed by atoms with E-state index in [1.807, 2.05) is 24.3 Å². The molecule has 28 heavy (non-hydrogen) atoms. The van der Waals surface area contributed by atoms with Crippen molar-refractivity contribution in [3.05, 3.63) is 24.3 Å². The predicted octanol–water partition coefficient (Wildman–Crippen LogP) is 3.84.